The van der Waals surface area contributed by atoms with Gasteiger partial charge in [0.15, 0.2) is 10.6 Å². The molecule has 0 saturated carbocycles. The van der Waals surface area contributed by atoms with Crippen molar-refractivity contribution in [1.82, 2.24) is 0 Å². The number of carbonyl (C=O) groups is 1. The lowest BCUT2D eigenvalue weighted by Crippen LogP contribution is -2.09. The zero-order chi connectivity index (χ0) is 14.4. The van der Waals surface area contributed by atoms with Gasteiger partial charge in [0.2, 0.25) is 5.70 Å². The molecule has 5 nitrogen and oxygen atoms in total. The lowest BCUT2D eigenvalue weighted by atomic mass is 10.3. The number of carbonyl (C=O) groups excluding carboxylic acids is 1. The summed E-state index contributed by atoms with van der Waals surface area (Å²) in [5.74, 6) is -1.53. The summed E-state index contributed by atoms with van der Waals surface area (Å²) in [7, 11) is 1.13. The van der Waals surface area contributed by atoms with E-state index >= 15 is 0 Å². The number of aliphatic hydroxyl groups excluding tert-OH is 1. The number of aliphatic hydroxyl groups is 1. The summed E-state index contributed by atoms with van der Waals surface area (Å²) in [6.45, 7) is 0. The van der Waals surface area contributed by atoms with Crippen LogP contribution in [0.25, 0.3) is 0 Å². The largest absolute Gasteiger partial charge is 0.507 e. The fourth-order valence-electron chi connectivity index (χ4n) is 1.01. The Morgan fingerprint density at radius 1 is 1.32 bits per heavy atom. The fraction of sp³-hybridized carbons (Fsp3) is 0.182. The average Bonchev–Trinajstić information content (AvgIpc) is 2.40. The summed E-state index contributed by atoms with van der Waals surface area (Å²) >= 11 is 16.6. The van der Waals surface area contributed by atoms with Gasteiger partial charge in [-0.25, -0.2) is 4.79 Å². The van der Waals surface area contributed by atoms with Crippen molar-refractivity contribution in [3.05, 3.63) is 40.7 Å². The molecule has 0 saturated heterocycles. The standard InChI is InChI=1S/C11H9Cl3N2O3/c1-19-11(18)8(9(17)10(13)14)16-15-7-4-2-6(12)3-5-7/h2-5,10,17H,1H3/b9-8+,16-15?. The number of alkyl halides is 2. The highest BCUT2D eigenvalue weighted by molar-refractivity contribution is 6.46. The van der Waals surface area contributed by atoms with E-state index in [9.17, 15) is 9.90 Å². The second kappa shape index (κ2) is 7.33. The summed E-state index contributed by atoms with van der Waals surface area (Å²) in [4.78, 5) is 10.1. The van der Waals surface area contributed by atoms with Crippen LogP contribution in [0, 0.1) is 0 Å². The molecule has 1 rings (SSSR count). The molecule has 0 aliphatic carbocycles. The van der Waals surface area contributed by atoms with Crippen molar-refractivity contribution in [3.8, 4) is 0 Å². The third kappa shape index (κ3) is 4.70. The van der Waals surface area contributed by atoms with E-state index in [1.807, 2.05) is 0 Å². The van der Waals surface area contributed by atoms with Crippen molar-refractivity contribution >= 4 is 46.5 Å². The van der Waals surface area contributed by atoms with Crippen LogP contribution in [-0.2, 0) is 9.53 Å². The highest BCUT2D eigenvalue weighted by atomic mass is 35.5. The van der Waals surface area contributed by atoms with Crippen LogP contribution in [0.15, 0.2) is 46.0 Å². The van der Waals surface area contributed by atoms with Crippen molar-refractivity contribution in [1.29, 1.82) is 0 Å². The molecular formula is C11H9Cl3N2O3. The first-order chi connectivity index (χ1) is 8.95. The average molecular weight is 324 g/mol. The molecule has 0 aliphatic heterocycles. The van der Waals surface area contributed by atoms with E-state index in [0.29, 0.717) is 10.7 Å². The van der Waals surface area contributed by atoms with Gasteiger partial charge in [0, 0.05) is 5.02 Å². The number of hydrogen-bond donors (Lipinski definition) is 1. The quantitative estimate of drug-likeness (QED) is 0.297. The number of nitrogens with zero attached hydrogens (tertiary/aromatic N) is 2. The van der Waals surface area contributed by atoms with Crippen LogP contribution in [0.4, 0.5) is 5.69 Å². The minimum atomic E-state index is -1.31. The van der Waals surface area contributed by atoms with E-state index in [-0.39, 0.29) is 0 Å². The van der Waals surface area contributed by atoms with E-state index < -0.39 is 22.3 Å². The molecule has 0 heterocycles. The van der Waals surface area contributed by atoms with Crippen LogP contribution < -0.4 is 0 Å². The molecule has 0 bridgehead atoms. The molecule has 102 valence electrons. The maximum atomic E-state index is 11.4. The Kier molecular flexibility index (Phi) is 6.08. The monoisotopic (exact) mass is 322 g/mol. The first-order valence-electron chi connectivity index (χ1n) is 4.92. The normalized spacial score (nSPS) is 12.7. The third-order valence-electron chi connectivity index (χ3n) is 1.92. The zero-order valence-electron chi connectivity index (χ0n) is 9.68. The Morgan fingerprint density at radius 3 is 2.37 bits per heavy atom. The number of hydrogen-bond acceptors (Lipinski definition) is 5. The molecule has 0 aromatic heterocycles. The number of methoxy groups -OCH3 is 1. The van der Waals surface area contributed by atoms with Crippen molar-refractivity contribution in [2.24, 2.45) is 10.2 Å². The highest BCUT2D eigenvalue weighted by Crippen LogP contribution is 2.21. The van der Waals surface area contributed by atoms with Gasteiger partial charge in [-0.2, -0.15) is 5.11 Å². The summed E-state index contributed by atoms with van der Waals surface area (Å²) in [5, 5.41) is 17.4. The molecule has 0 unspecified atom stereocenters. The van der Waals surface area contributed by atoms with Crippen LogP contribution in [0.3, 0.4) is 0 Å². The van der Waals surface area contributed by atoms with Crippen LogP contribution >= 0.6 is 34.8 Å². The van der Waals surface area contributed by atoms with Gasteiger partial charge in [0.05, 0.1) is 12.8 Å². The number of azo groups is 1. The maximum absolute atomic E-state index is 11.4. The lowest BCUT2D eigenvalue weighted by Gasteiger charge is -2.04. The van der Waals surface area contributed by atoms with Gasteiger partial charge in [0.25, 0.3) is 0 Å². The van der Waals surface area contributed by atoms with Crippen molar-refractivity contribution in [2.45, 2.75) is 4.84 Å². The number of allylic oxidation sites excluding steroid dienone is 1. The van der Waals surface area contributed by atoms with Gasteiger partial charge < -0.3 is 9.84 Å². The van der Waals surface area contributed by atoms with E-state index in [0.717, 1.165) is 7.11 Å². The van der Waals surface area contributed by atoms with Crippen molar-refractivity contribution < 1.29 is 14.6 Å². The molecule has 1 aromatic rings. The van der Waals surface area contributed by atoms with Crippen molar-refractivity contribution in [2.75, 3.05) is 7.11 Å². The van der Waals surface area contributed by atoms with Gasteiger partial charge in [-0.3, -0.25) is 0 Å². The molecular weight excluding hydrogens is 314 g/mol. The van der Waals surface area contributed by atoms with Crippen molar-refractivity contribution in [3.63, 3.8) is 0 Å². The van der Waals surface area contributed by atoms with Gasteiger partial charge in [-0.05, 0) is 24.3 Å². The number of ether oxygens (including phenoxy) is 1. The molecule has 0 spiro atoms. The van der Waals surface area contributed by atoms with Gasteiger partial charge >= 0.3 is 5.97 Å². The van der Waals surface area contributed by atoms with Crippen LogP contribution in [-0.4, -0.2) is 23.0 Å². The third-order valence-corrected chi connectivity index (χ3v) is 2.59. The Labute approximate surface area is 124 Å². The van der Waals surface area contributed by atoms with Gasteiger partial charge in [-0.15, -0.1) is 5.11 Å². The van der Waals surface area contributed by atoms with E-state index in [4.69, 9.17) is 34.8 Å². The first kappa shape index (κ1) is 15.8. The van der Waals surface area contributed by atoms with E-state index in [1.165, 1.54) is 0 Å². The molecule has 0 fully saturated rings. The predicted octanol–water partition coefficient (Wildman–Crippen LogP) is 4.17. The molecule has 0 aliphatic rings. The van der Waals surface area contributed by atoms with Gasteiger partial charge in [-0.1, -0.05) is 34.8 Å². The number of esters is 1. The smallest absolute Gasteiger partial charge is 0.362 e. The van der Waals surface area contributed by atoms with E-state index in [1.54, 1.807) is 24.3 Å². The fourth-order valence-corrected chi connectivity index (χ4v) is 1.34. The minimum Gasteiger partial charge on any atom is -0.507 e. The molecule has 0 radical (unpaired) electrons. The molecule has 19 heavy (non-hydrogen) atoms. The summed E-state index contributed by atoms with van der Waals surface area (Å²) < 4.78 is 4.44. The second-order valence-corrected chi connectivity index (χ2v) is 4.74. The Balaban J connectivity index is 3.05. The lowest BCUT2D eigenvalue weighted by molar-refractivity contribution is -0.136. The van der Waals surface area contributed by atoms with Crippen LogP contribution in [0.5, 0.6) is 0 Å². The molecule has 1 aromatic carbocycles. The minimum absolute atomic E-state index is 0.430. The summed E-state index contributed by atoms with van der Waals surface area (Å²) in [6, 6.07) is 6.36. The second-order valence-electron chi connectivity index (χ2n) is 3.20. The van der Waals surface area contributed by atoms with Crippen LogP contribution in [0.2, 0.25) is 5.02 Å². The Bertz CT molecular complexity index is 512. The summed E-state index contributed by atoms with van der Waals surface area (Å²) in [5.41, 5.74) is -0.0354. The molecule has 8 heteroatoms. The SMILES string of the molecule is COC(=O)/C(N=Nc1ccc(Cl)cc1)=C(\O)C(Cl)Cl. The number of rotatable bonds is 4. The molecule has 1 N–H and O–H groups in total. The Morgan fingerprint density at radius 2 is 1.89 bits per heavy atom. The topological polar surface area (TPSA) is 71.2 Å². The number of halogens is 3. The Hall–Kier alpha value is -1.30. The molecule has 0 amide bonds. The van der Waals surface area contributed by atoms with Crippen LogP contribution in [0.1, 0.15) is 0 Å². The van der Waals surface area contributed by atoms with E-state index in [2.05, 4.69) is 15.0 Å². The first-order valence-corrected chi connectivity index (χ1v) is 6.17. The highest BCUT2D eigenvalue weighted by Gasteiger charge is 2.20. The number of benzene rings is 1. The zero-order valence-corrected chi connectivity index (χ0v) is 11.9. The predicted molar refractivity (Wildman–Crippen MR) is 73.1 cm³/mol. The summed E-state index contributed by atoms with van der Waals surface area (Å²) in [6.07, 6.45) is 0. The maximum Gasteiger partial charge on any atom is 0.362 e. The molecule has 0 atom stereocenters. The van der Waals surface area contributed by atoms with Gasteiger partial charge in [0.1, 0.15) is 0 Å².